The highest BCUT2D eigenvalue weighted by Gasteiger charge is 2.24. The van der Waals surface area contributed by atoms with Gasteiger partial charge in [-0.2, -0.15) is 0 Å². The van der Waals surface area contributed by atoms with E-state index in [1.807, 2.05) is 13.8 Å². The molecule has 3 N–H and O–H groups in total. The minimum absolute atomic E-state index is 0.0854. The standard InChI is InChI=1S/C9H14N2O3/c1-3-5(2)6(10)8-7(9(12)13)11-4-14-8/h4-6H,3,10H2,1-2H3,(H,12,13)/t5-,6-/m1/s1. The van der Waals surface area contributed by atoms with E-state index in [9.17, 15) is 4.79 Å². The lowest BCUT2D eigenvalue weighted by atomic mass is 9.97. The third-order valence-corrected chi connectivity index (χ3v) is 2.36. The summed E-state index contributed by atoms with van der Waals surface area (Å²) in [5, 5.41) is 8.78. The number of carbonyl (C=O) groups is 1. The van der Waals surface area contributed by atoms with Gasteiger partial charge in [-0.15, -0.1) is 0 Å². The second-order valence-electron chi connectivity index (χ2n) is 3.28. The summed E-state index contributed by atoms with van der Waals surface area (Å²) in [5.41, 5.74) is 5.75. The molecule has 0 radical (unpaired) electrons. The summed E-state index contributed by atoms with van der Waals surface area (Å²) in [6.45, 7) is 3.93. The van der Waals surface area contributed by atoms with Crippen LogP contribution in [0.3, 0.4) is 0 Å². The molecule has 0 aromatic carbocycles. The van der Waals surface area contributed by atoms with Gasteiger partial charge in [0.2, 0.25) is 0 Å². The predicted molar refractivity (Wildman–Crippen MR) is 49.8 cm³/mol. The van der Waals surface area contributed by atoms with Crippen molar-refractivity contribution < 1.29 is 14.3 Å². The summed E-state index contributed by atoms with van der Waals surface area (Å²) in [6, 6.07) is -0.409. The number of hydrogen-bond acceptors (Lipinski definition) is 4. The van der Waals surface area contributed by atoms with Crippen LogP contribution in [0.25, 0.3) is 0 Å². The van der Waals surface area contributed by atoms with Crippen LogP contribution in [0.2, 0.25) is 0 Å². The van der Waals surface area contributed by atoms with E-state index in [1.54, 1.807) is 0 Å². The van der Waals surface area contributed by atoms with E-state index < -0.39 is 12.0 Å². The second-order valence-corrected chi connectivity index (χ2v) is 3.28. The molecule has 0 aliphatic rings. The topological polar surface area (TPSA) is 89.4 Å². The number of rotatable bonds is 4. The van der Waals surface area contributed by atoms with Crippen molar-refractivity contribution in [1.29, 1.82) is 0 Å². The third kappa shape index (κ3) is 1.93. The van der Waals surface area contributed by atoms with Crippen LogP contribution in [0, 0.1) is 5.92 Å². The van der Waals surface area contributed by atoms with Crippen LogP contribution in [0.4, 0.5) is 0 Å². The number of nitrogens with zero attached hydrogens (tertiary/aromatic N) is 1. The molecule has 0 bridgehead atoms. The van der Waals surface area contributed by atoms with Gasteiger partial charge in [-0.25, -0.2) is 9.78 Å². The van der Waals surface area contributed by atoms with Crippen molar-refractivity contribution in [3.05, 3.63) is 17.8 Å². The SMILES string of the molecule is CC[C@@H](C)[C@@H](N)c1ocnc1C(=O)O. The first-order chi connectivity index (χ1) is 6.57. The van der Waals surface area contributed by atoms with Crippen molar-refractivity contribution in [2.45, 2.75) is 26.3 Å². The highest BCUT2D eigenvalue weighted by molar-refractivity contribution is 5.86. The van der Waals surface area contributed by atoms with Crippen LogP contribution < -0.4 is 5.73 Å². The Kier molecular flexibility index (Phi) is 3.24. The van der Waals surface area contributed by atoms with Crippen molar-refractivity contribution in [1.82, 2.24) is 4.98 Å². The lowest BCUT2D eigenvalue weighted by molar-refractivity contribution is 0.0687. The van der Waals surface area contributed by atoms with Gasteiger partial charge >= 0.3 is 5.97 Å². The van der Waals surface area contributed by atoms with Gasteiger partial charge in [0, 0.05) is 0 Å². The lowest BCUT2D eigenvalue weighted by Gasteiger charge is -2.15. The maximum atomic E-state index is 10.7. The van der Waals surface area contributed by atoms with Gasteiger partial charge in [0.1, 0.15) is 0 Å². The molecule has 14 heavy (non-hydrogen) atoms. The van der Waals surface area contributed by atoms with E-state index in [2.05, 4.69) is 4.98 Å². The molecule has 0 aliphatic heterocycles. The van der Waals surface area contributed by atoms with E-state index in [-0.39, 0.29) is 17.4 Å². The molecule has 5 nitrogen and oxygen atoms in total. The van der Waals surface area contributed by atoms with Gasteiger partial charge in [-0.05, 0) is 5.92 Å². The maximum absolute atomic E-state index is 10.7. The fraction of sp³-hybridized carbons (Fsp3) is 0.556. The van der Waals surface area contributed by atoms with Crippen molar-refractivity contribution in [2.75, 3.05) is 0 Å². The summed E-state index contributed by atoms with van der Waals surface area (Å²) in [4.78, 5) is 14.3. The molecule has 2 atom stereocenters. The Morgan fingerprint density at radius 2 is 2.43 bits per heavy atom. The molecule has 0 unspecified atom stereocenters. The van der Waals surface area contributed by atoms with E-state index in [0.717, 1.165) is 12.8 Å². The first-order valence-electron chi connectivity index (χ1n) is 4.50. The summed E-state index contributed by atoms with van der Waals surface area (Å²) in [5.74, 6) is -0.680. The Labute approximate surface area is 81.9 Å². The summed E-state index contributed by atoms with van der Waals surface area (Å²) >= 11 is 0. The largest absolute Gasteiger partial charge is 0.476 e. The molecule has 1 heterocycles. The second kappa shape index (κ2) is 4.23. The molecule has 0 saturated carbocycles. The van der Waals surface area contributed by atoms with Crippen LogP contribution in [-0.4, -0.2) is 16.1 Å². The quantitative estimate of drug-likeness (QED) is 0.763. The summed E-state index contributed by atoms with van der Waals surface area (Å²) in [7, 11) is 0. The number of aromatic nitrogens is 1. The zero-order valence-electron chi connectivity index (χ0n) is 8.23. The van der Waals surface area contributed by atoms with E-state index in [1.165, 1.54) is 0 Å². The Morgan fingerprint density at radius 3 is 2.93 bits per heavy atom. The van der Waals surface area contributed by atoms with Crippen molar-refractivity contribution in [3.63, 3.8) is 0 Å². The molecule has 0 fully saturated rings. The minimum Gasteiger partial charge on any atom is -0.476 e. The number of carboxylic acids is 1. The Balaban J connectivity index is 2.94. The van der Waals surface area contributed by atoms with E-state index in [0.29, 0.717) is 0 Å². The molecule has 5 heteroatoms. The summed E-state index contributed by atoms with van der Waals surface area (Å²) in [6.07, 6.45) is 1.97. The lowest BCUT2D eigenvalue weighted by Crippen LogP contribution is -2.20. The van der Waals surface area contributed by atoms with Crippen LogP contribution in [0.5, 0.6) is 0 Å². The maximum Gasteiger partial charge on any atom is 0.358 e. The fourth-order valence-corrected chi connectivity index (χ4v) is 1.16. The summed E-state index contributed by atoms with van der Waals surface area (Å²) < 4.78 is 4.99. The molecule has 1 rings (SSSR count). The molecule has 0 aliphatic carbocycles. The Morgan fingerprint density at radius 1 is 1.79 bits per heavy atom. The molecule has 0 spiro atoms. The van der Waals surface area contributed by atoms with Crippen molar-refractivity contribution in [2.24, 2.45) is 11.7 Å². The van der Waals surface area contributed by atoms with Gasteiger partial charge in [-0.3, -0.25) is 0 Å². The average Bonchev–Trinajstić information content (AvgIpc) is 2.63. The average molecular weight is 198 g/mol. The predicted octanol–water partition coefficient (Wildman–Crippen LogP) is 1.42. The molecule has 0 amide bonds. The van der Waals surface area contributed by atoms with Crippen LogP contribution >= 0.6 is 0 Å². The van der Waals surface area contributed by atoms with Crippen molar-refractivity contribution >= 4 is 5.97 Å². The minimum atomic E-state index is -1.10. The third-order valence-electron chi connectivity index (χ3n) is 2.36. The van der Waals surface area contributed by atoms with Crippen LogP contribution in [0.15, 0.2) is 10.8 Å². The fourth-order valence-electron chi connectivity index (χ4n) is 1.16. The first-order valence-corrected chi connectivity index (χ1v) is 4.50. The Hall–Kier alpha value is -1.36. The zero-order chi connectivity index (χ0) is 10.7. The molecule has 0 saturated heterocycles. The number of carboxylic acid groups (broad SMARTS) is 1. The highest BCUT2D eigenvalue weighted by atomic mass is 16.4. The van der Waals surface area contributed by atoms with Gasteiger partial charge in [0.25, 0.3) is 0 Å². The van der Waals surface area contributed by atoms with Crippen LogP contribution in [0.1, 0.15) is 42.6 Å². The van der Waals surface area contributed by atoms with Crippen LogP contribution in [-0.2, 0) is 0 Å². The monoisotopic (exact) mass is 198 g/mol. The molecular weight excluding hydrogens is 184 g/mol. The van der Waals surface area contributed by atoms with E-state index in [4.69, 9.17) is 15.3 Å². The number of hydrogen-bond donors (Lipinski definition) is 2. The Bertz CT molecular complexity index is 322. The van der Waals surface area contributed by atoms with E-state index >= 15 is 0 Å². The highest BCUT2D eigenvalue weighted by Crippen LogP contribution is 2.24. The smallest absolute Gasteiger partial charge is 0.358 e. The molecule has 78 valence electrons. The molecule has 1 aromatic rings. The normalized spacial score (nSPS) is 15.1. The van der Waals surface area contributed by atoms with Crippen molar-refractivity contribution in [3.8, 4) is 0 Å². The number of nitrogens with two attached hydrogens (primary N) is 1. The zero-order valence-corrected chi connectivity index (χ0v) is 8.23. The first kappa shape index (κ1) is 10.7. The van der Waals surface area contributed by atoms with Gasteiger partial charge in [-0.1, -0.05) is 20.3 Å². The van der Waals surface area contributed by atoms with Gasteiger partial charge in [0.15, 0.2) is 17.8 Å². The molecular formula is C9H14N2O3. The van der Waals surface area contributed by atoms with Gasteiger partial charge < -0.3 is 15.3 Å². The number of oxazole rings is 1. The number of aromatic carboxylic acids is 1. The molecule has 1 aromatic heterocycles. The van der Waals surface area contributed by atoms with Gasteiger partial charge in [0.05, 0.1) is 6.04 Å².